The van der Waals surface area contributed by atoms with E-state index in [-0.39, 0.29) is 5.91 Å². The Morgan fingerprint density at radius 3 is 2.78 bits per heavy atom. The molecule has 0 unspecified atom stereocenters. The van der Waals surface area contributed by atoms with Gasteiger partial charge in [0.15, 0.2) is 0 Å². The van der Waals surface area contributed by atoms with Crippen LogP contribution in [0.15, 0.2) is 12.7 Å². The van der Waals surface area contributed by atoms with Gasteiger partial charge in [0.25, 0.3) is 0 Å². The van der Waals surface area contributed by atoms with Gasteiger partial charge in [-0.2, -0.15) is 0 Å². The van der Waals surface area contributed by atoms with E-state index in [0.717, 1.165) is 6.54 Å². The SMILES string of the molecule is C=CC(=O)NCCNC. The number of carbonyl (C=O) groups excluding carboxylic acids is 1. The standard InChI is InChI=1S/C6H12N2O/c1-3-6(9)8-5-4-7-2/h3,7H,1,4-5H2,2H3,(H,8,9). The van der Waals surface area contributed by atoms with Crippen molar-refractivity contribution in [3.63, 3.8) is 0 Å². The Kier molecular flexibility index (Phi) is 4.82. The van der Waals surface area contributed by atoms with E-state index in [1.54, 1.807) is 0 Å². The van der Waals surface area contributed by atoms with Crippen molar-refractivity contribution in [1.29, 1.82) is 0 Å². The predicted octanol–water partition coefficient (Wildman–Crippen LogP) is -0.492. The monoisotopic (exact) mass is 128 g/mol. The zero-order valence-corrected chi connectivity index (χ0v) is 5.61. The Bertz CT molecular complexity index is 101. The molecule has 0 rings (SSSR count). The topological polar surface area (TPSA) is 41.1 Å². The van der Waals surface area contributed by atoms with E-state index in [1.165, 1.54) is 6.08 Å². The number of hydrogen-bond acceptors (Lipinski definition) is 2. The molecule has 0 bridgehead atoms. The van der Waals surface area contributed by atoms with Crippen LogP contribution in [-0.4, -0.2) is 26.0 Å². The molecule has 0 spiro atoms. The molecule has 0 saturated carbocycles. The molecule has 0 saturated heterocycles. The largest absolute Gasteiger partial charge is 0.351 e. The van der Waals surface area contributed by atoms with Crippen LogP contribution in [0.2, 0.25) is 0 Å². The molecule has 0 aromatic rings. The second kappa shape index (κ2) is 5.31. The van der Waals surface area contributed by atoms with Crippen LogP contribution in [-0.2, 0) is 4.79 Å². The van der Waals surface area contributed by atoms with E-state index in [9.17, 15) is 4.79 Å². The number of hydrogen-bond donors (Lipinski definition) is 2. The number of nitrogens with one attached hydrogen (secondary N) is 2. The van der Waals surface area contributed by atoms with Crippen LogP contribution in [0.3, 0.4) is 0 Å². The first-order valence-corrected chi connectivity index (χ1v) is 2.86. The molecule has 0 aromatic heterocycles. The van der Waals surface area contributed by atoms with Crippen molar-refractivity contribution >= 4 is 5.91 Å². The van der Waals surface area contributed by atoms with Crippen molar-refractivity contribution in [3.05, 3.63) is 12.7 Å². The van der Waals surface area contributed by atoms with E-state index in [4.69, 9.17) is 0 Å². The average Bonchev–Trinajstić information content (AvgIpc) is 1.89. The third kappa shape index (κ3) is 5.03. The Morgan fingerprint density at radius 1 is 1.67 bits per heavy atom. The van der Waals surface area contributed by atoms with Crippen molar-refractivity contribution in [1.82, 2.24) is 10.6 Å². The van der Waals surface area contributed by atoms with E-state index < -0.39 is 0 Å². The Labute approximate surface area is 55.1 Å². The Morgan fingerprint density at radius 2 is 2.33 bits per heavy atom. The first-order valence-electron chi connectivity index (χ1n) is 2.86. The zero-order valence-electron chi connectivity index (χ0n) is 5.61. The van der Waals surface area contributed by atoms with E-state index >= 15 is 0 Å². The maximum atomic E-state index is 10.4. The summed E-state index contributed by atoms with van der Waals surface area (Å²) in [6.07, 6.45) is 1.26. The second-order valence-corrected chi connectivity index (χ2v) is 1.60. The van der Waals surface area contributed by atoms with E-state index in [1.807, 2.05) is 7.05 Å². The Hall–Kier alpha value is -0.830. The highest BCUT2D eigenvalue weighted by atomic mass is 16.1. The summed E-state index contributed by atoms with van der Waals surface area (Å²) in [6, 6.07) is 0. The molecule has 0 aliphatic carbocycles. The fourth-order valence-electron chi connectivity index (χ4n) is 0.383. The van der Waals surface area contributed by atoms with Crippen molar-refractivity contribution in [2.45, 2.75) is 0 Å². The molecule has 0 aliphatic heterocycles. The highest BCUT2D eigenvalue weighted by Gasteiger charge is 1.88. The highest BCUT2D eigenvalue weighted by molar-refractivity contribution is 5.86. The smallest absolute Gasteiger partial charge is 0.243 e. The van der Waals surface area contributed by atoms with Crippen LogP contribution in [0.5, 0.6) is 0 Å². The zero-order chi connectivity index (χ0) is 7.11. The van der Waals surface area contributed by atoms with Crippen molar-refractivity contribution in [2.24, 2.45) is 0 Å². The number of carbonyl (C=O) groups is 1. The van der Waals surface area contributed by atoms with Crippen molar-refractivity contribution in [2.75, 3.05) is 20.1 Å². The first kappa shape index (κ1) is 8.17. The lowest BCUT2D eigenvalue weighted by atomic mass is 10.5. The molecule has 3 nitrogen and oxygen atoms in total. The van der Waals surface area contributed by atoms with Gasteiger partial charge in [0.1, 0.15) is 0 Å². The van der Waals surface area contributed by atoms with Gasteiger partial charge >= 0.3 is 0 Å². The molecule has 2 N–H and O–H groups in total. The van der Waals surface area contributed by atoms with E-state index in [0.29, 0.717) is 6.54 Å². The summed E-state index contributed by atoms with van der Waals surface area (Å²) in [5.74, 6) is -0.120. The van der Waals surface area contributed by atoms with E-state index in [2.05, 4.69) is 17.2 Å². The summed E-state index contributed by atoms with van der Waals surface area (Å²) in [5.41, 5.74) is 0. The first-order chi connectivity index (χ1) is 4.31. The fourth-order valence-corrected chi connectivity index (χ4v) is 0.383. The summed E-state index contributed by atoms with van der Waals surface area (Å²) in [7, 11) is 1.83. The summed E-state index contributed by atoms with van der Waals surface area (Å²) in [4.78, 5) is 10.4. The Balaban J connectivity index is 3.07. The molecule has 0 fully saturated rings. The number of rotatable bonds is 4. The summed E-state index contributed by atoms with van der Waals surface area (Å²) in [5, 5.41) is 5.51. The van der Waals surface area contributed by atoms with Crippen LogP contribution in [0.4, 0.5) is 0 Å². The molecule has 3 heteroatoms. The van der Waals surface area contributed by atoms with Gasteiger partial charge in [-0.3, -0.25) is 4.79 Å². The lowest BCUT2D eigenvalue weighted by Gasteiger charge is -1.98. The quantitative estimate of drug-likeness (QED) is 0.396. The van der Waals surface area contributed by atoms with Gasteiger partial charge < -0.3 is 10.6 Å². The van der Waals surface area contributed by atoms with Gasteiger partial charge in [0.2, 0.25) is 5.91 Å². The summed E-state index contributed by atoms with van der Waals surface area (Å²) in [6.45, 7) is 4.75. The van der Waals surface area contributed by atoms with Gasteiger partial charge in [-0.1, -0.05) is 6.58 Å². The molecular formula is C6H12N2O. The van der Waals surface area contributed by atoms with Gasteiger partial charge in [0.05, 0.1) is 0 Å². The third-order valence-corrected chi connectivity index (χ3v) is 0.860. The maximum Gasteiger partial charge on any atom is 0.243 e. The lowest BCUT2D eigenvalue weighted by Crippen LogP contribution is -2.28. The van der Waals surface area contributed by atoms with Crippen LogP contribution in [0, 0.1) is 0 Å². The number of likely N-dealkylation sites (N-methyl/N-ethyl adjacent to an activating group) is 1. The molecule has 0 radical (unpaired) electrons. The molecule has 0 aliphatic rings. The minimum absolute atomic E-state index is 0.120. The molecule has 0 heterocycles. The van der Waals surface area contributed by atoms with Crippen molar-refractivity contribution in [3.8, 4) is 0 Å². The molecule has 52 valence electrons. The molecule has 1 amide bonds. The van der Waals surface area contributed by atoms with Gasteiger partial charge in [-0.25, -0.2) is 0 Å². The molecular weight excluding hydrogens is 116 g/mol. The van der Waals surface area contributed by atoms with Crippen LogP contribution in [0.25, 0.3) is 0 Å². The highest BCUT2D eigenvalue weighted by Crippen LogP contribution is 1.63. The molecule has 9 heavy (non-hydrogen) atoms. The maximum absolute atomic E-state index is 10.4. The number of amides is 1. The van der Waals surface area contributed by atoms with Crippen LogP contribution in [0.1, 0.15) is 0 Å². The van der Waals surface area contributed by atoms with Crippen molar-refractivity contribution < 1.29 is 4.79 Å². The fraction of sp³-hybridized carbons (Fsp3) is 0.500. The third-order valence-electron chi connectivity index (χ3n) is 0.860. The summed E-state index contributed by atoms with van der Waals surface area (Å²) < 4.78 is 0. The van der Waals surface area contributed by atoms with Gasteiger partial charge in [0, 0.05) is 13.1 Å². The predicted molar refractivity (Wildman–Crippen MR) is 37.1 cm³/mol. The van der Waals surface area contributed by atoms with Crippen LogP contribution < -0.4 is 10.6 Å². The van der Waals surface area contributed by atoms with Gasteiger partial charge in [-0.15, -0.1) is 0 Å². The average molecular weight is 128 g/mol. The summed E-state index contributed by atoms with van der Waals surface area (Å²) >= 11 is 0. The lowest BCUT2D eigenvalue weighted by molar-refractivity contribution is -0.116. The van der Waals surface area contributed by atoms with Gasteiger partial charge in [-0.05, 0) is 13.1 Å². The van der Waals surface area contributed by atoms with Crippen LogP contribution >= 0.6 is 0 Å². The molecule has 0 atom stereocenters. The minimum Gasteiger partial charge on any atom is -0.351 e. The molecule has 0 aromatic carbocycles. The normalized spacial score (nSPS) is 8.56. The minimum atomic E-state index is -0.120. The second-order valence-electron chi connectivity index (χ2n) is 1.60.